The second-order valence-electron chi connectivity index (χ2n) is 3.73. The molecule has 0 bridgehead atoms. The number of aromatic nitrogens is 3. The van der Waals surface area contributed by atoms with Gasteiger partial charge in [-0.1, -0.05) is 18.5 Å². The topological polar surface area (TPSA) is 76.7 Å². The summed E-state index contributed by atoms with van der Waals surface area (Å²) in [6, 6.07) is 3.81. The van der Waals surface area contributed by atoms with Crippen molar-refractivity contribution in [1.82, 2.24) is 15.0 Å². The summed E-state index contributed by atoms with van der Waals surface area (Å²) in [6.07, 6.45) is 2.47. The van der Waals surface area contributed by atoms with Crippen LogP contribution in [0.5, 0.6) is 0 Å². The molecule has 0 amide bonds. The fraction of sp³-hybridized carbons (Fsp3) is 0.250. The van der Waals surface area contributed by atoms with Crippen molar-refractivity contribution >= 4 is 23.4 Å². The van der Waals surface area contributed by atoms with Crippen LogP contribution >= 0.6 is 11.6 Å². The molecular weight excluding hydrogens is 250 g/mol. The lowest BCUT2D eigenvalue weighted by Gasteiger charge is -2.10. The molecule has 0 aliphatic carbocycles. The monoisotopic (exact) mass is 263 g/mol. The molecule has 0 radical (unpaired) electrons. The van der Waals surface area contributed by atoms with Crippen LogP contribution in [0.25, 0.3) is 11.1 Å². The van der Waals surface area contributed by atoms with E-state index in [1.54, 1.807) is 6.20 Å². The minimum absolute atomic E-state index is 0.195. The van der Waals surface area contributed by atoms with E-state index in [1.165, 1.54) is 0 Å². The quantitative estimate of drug-likeness (QED) is 0.832. The van der Waals surface area contributed by atoms with E-state index in [4.69, 9.17) is 17.3 Å². The summed E-state index contributed by atoms with van der Waals surface area (Å²) >= 11 is 6.15. The van der Waals surface area contributed by atoms with Crippen molar-refractivity contribution in [1.29, 1.82) is 0 Å². The van der Waals surface area contributed by atoms with Crippen LogP contribution in [-0.4, -0.2) is 22.0 Å². The van der Waals surface area contributed by atoms with Crippen LogP contribution < -0.4 is 11.1 Å². The van der Waals surface area contributed by atoms with Gasteiger partial charge in [0.2, 0.25) is 5.95 Å². The van der Waals surface area contributed by atoms with E-state index in [9.17, 15) is 0 Å². The van der Waals surface area contributed by atoms with E-state index in [1.807, 2.05) is 26.1 Å². The van der Waals surface area contributed by atoms with Crippen molar-refractivity contribution in [3.63, 3.8) is 0 Å². The number of rotatable bonds is 3. The number of halogens is 1. The summed E-state index contributed by atoms with van der Waals surface area (Å²) in [7, 11) is 1.82. The van der Waals surface area contributed by atoms with E-state index < -0.39 is 0 Å². The molecule has 0 saturated heterocycles. The van der Waals surface area contributed by atoms with Crippen LogP contribution in [0.2, 0.25) is 5.15 Å². The molecule has 0 unspecified atom stereocenters. The number of nitrogens with zero attached hydrogens (tertiary/aromatic N) is 3. The molecule has 3 N–H and O–H groups in total. The van der Waals surface area contributed by atoms with Crippen molar-refractivity contribution in [2.24, 2.45) is 0 Å². The lowest BCUT2D eigenvalue weighted by Crippen LogP contribution is -2.02. The molecule has 0 aliphatic heterocycles. The smallest absolute Gasteiger partial charge is 0.221 e. The normalized spacial score (nSPS) is 10.4. The van der Waals surface area contributed by atoms with Crippen molar-refractivity contribution in [2.75, 3.05) is 18.1 Å². The zero-order valence-corrected chi connectivity index (χ0v) is 11.0. The average Bonchev–Trinajstić information content (AvgIpc) is 2.38. The SMILES string of the molecule is CCc1nc(N)nc(Cl)c1-c1ccc(NC)nc1. The van der Waals surface area contributed by atoms with Crippen LogP contribution in [-0.2, 0) is 6.42 Å². The first-order valence-corrected chi connectivity index (χ1v) is 5.99. The van der Waals surface area contributed by atoms with E-state index in [-0.39, 0.29) is 5.95 Å². The Morgan fingerprint density at radius 2 is 2.11 bits per heavy atom. The van der Waals surface area contributed by atoms with Gasteiger partial charge >= 0.3 is 0 Å². The first kappa shape index (κ1) is 12.6. The summed E-state index contributed by atoms with van der Waals surface area (Å²) in [4.78, 5) is 12.5. The highest BCUT2D eigenvalue weighted by Crippen LogP contribution is 2.30. The number of anilines is 2. The third-order valence-corrected chi connectivity index (χ3v) is 2.87. The van der Waals surface area contributed by atoms with Gasteiger partial charge in [0.05, 0.1) is 5.69 Å². The highest BCUT2D eigenvalue weighted by molar-refractivity contribution is 6.32. The minimum atomic E-state index is 0.195. The van der Waals surface area contributed by atoms with E-state index in [0.29, 0.717) is 5.15 Å². The first-order chi connectivity index (χ1) is 8.65. The summed E-state index contributed by atoms with van der Waals surface area (Å²) in [5.74, 6) is 0.990. The lowest BCUT2D eigenvalue weighted by atomic mass is 10.1. The first-order valence-electron chi connectivity index (χ1n) is 5.61. The zero-order valence-electron chi connectivity index (χ0n) is 10.2. The van der Waals surface area contributed by atoms with Crippen LogP contribution in [0.15, 0.2) is 18.3 Å². The van der Waals surface area contributed by atoms with Crippen LogP contribution in [0.4, 0.5) is 11.8 Å². The Kier molecular flexibility index (Phi) is 3.62. The summed E-state index contributed by atoms with van der Waals surface area (Å²) < 4.78 is 0. The predicted molar refractivity (Wildman–Crippen MR) is 73.6 cm³/mol. The number of pyridine rings is 1. The average molecular weight is 264 g/mol. The fourth-order valence-corrected chi connectivity index (χ4v) is 2.03. The standard InChI is InChI=1S/C12H14ClN5/c1-3-8-10(11(13)18-12(14)17-8)7-4-5-9(15-2)16-6-7/h4-6H,3H2,1-2H3,(H,15,16)(H2,14,17,18). The van der Waals surface area contributed by atoms with Gasteiger partial charge in [0.1, 0.15) is 11.0 Å². The van der Waals surface area contributed by atoms with Crippen molar-refractivity contribution in [2.45, 2.75) is 13.3 Å². The largest absolute Gasteiger partial charge is 0.373 e. The van der Waals surface area contributed by atoms with Gasteiger partial charge in [-0.2, -0.15) is 0 Å². The molecule has 0 saturated carbocycles. The molecule has 6 heteroatoms. The summed E-state index contributed by atoms with van der Waals surface area (Å²) in [5.41, 5.74) is 8.10. The van der Waals surface area contributed by atoms with Crippen molar-refractivity contribution < 1.29 is 0 Å². The van der Waals surface area contributed by atoms with Crippen LogP contribution in [0, 0.1) is 0 Å². The Hall–Kier alpha value is -1.88. The molecule has 94 valence electrons. The van der Waals surface area contributed by atoms with Gasteiger partial charge in [0, 0.05) is 24.4 Å². The molecule has 0 spiro atoms. The van der Waals surface area contributed by atoms with Gasteiger partial charge in [-0.3, -0.25) is 0 Å². The Bertz CT molecular complexity index is 553. The highest BCUT2D eigenvalue weighted by atomic mass is 35.5. The maximum atomic E-state index is 6.15. The van der Waals surface area contributed by atoms with Gasteiger partial charge in [0.25, 0.3) is 0 Å². The predicted octanol–water partition coefficient (Wildman–Crippen LogP) is 2.38. The maximum absolute atomic E-state index is 6.15. The number of nitrogen functional groups attached to an aromatic ring is 1. The molecule has 2 rings (SSSR count). The zero-order chi connectivity index (χ0) is 13.1. The fourth-order valence-electron chi connectivity index (χ4n) is 1.73. The highest BCUT2D eigenvalue weighted by Gasteiger charge is 2.13. The molecule has 0 fully saturated rings. The molecule has 18 heavy (non-hydrogen) atoms. The van der Waals surface area contributed by atoms with E-state index in [0.717, 1.165) is 29.1 Å². The maximum Gasteiger partial charge on any atom is 0.221 e. The van der Waals surface area contributed by atoms with Gasteiger partial charge < -0.3 is 11.1 Å². The molecule has 5 nitrogen and oxygen atoms in total. The minimum Gasteiger partial charge on any atom is -0.373 e. The van der Waals surface area contributed by atoms with E-state index >= 15 is 0 Å². The Labute approximate surface area is 110 Å². The number of nitrogens with one attached hydrogen (secondary N) is 1. The molecule has 0 aromatic carbocycles. The van der Waals surface area contributed by atoms with Crippen molar-refractivity contribution in [3.05, 3.63) is 29.2 Å². The van der Waals surface area contributed by atoms with Gasteiger partial charge in [-0.15, -0.1) is 0 Å². The number of aryl methyl sites for hydroxylation is 1. The number of hydrogen-bond acceptors (Lipinski definition) is 5. The molecule has 0 aliphatic rings. The Morgan fingerprint density at radius 1 is 1.33 bits per heavy atom. The van der Waals surface area contributed by atoms with Gasteiger partial charge in [-0.25, -0.2) is 15.0 Å². The van der Waals surface area contributed by atoms with E-state index in [2.05, 4.69) is 20.3 Å². The van der Waals surface area contributed by atoms with Gasteiger partial charge in [0.15, 0.2) is 0 Å². The summed E-state index contributed by atoms with van der Waals surface area (Å²) in [5, 5.41) is 3.32. The number of nitrogens with two attached hydrogens (primary N) is 1. The lowest BCUT2D eigenvalue weighted by molar-refractivity contribution is 1.01. The molecule has 2 aromatic heterocycles. The second kappa shape index (κ2) is 5.18. The third-order valence-electron chi connectivity index (χ3n) is 2.60. The molecule has 0 atom stereocenters. The van der Waals surface area contributed by atoms with Crippen LogP contribution in [0.3, 0.4) is 0 Å². The van der Waals surface area contributed by atoms with Crippen LogP contribution in [0.1, 0.15) is 12.6 Å². The third kappa shape index (κ3) is 2.36. The Morgan fingerprint density at radius 3 is 2.67 bits per heavy atom. The number of hydrogen-bond donors (Lipinski definition) is 2. The summed E-state index contributed by atoms with van der Waals surface area (Å²) in [6.45, 7) is 2.00. The molecule has 2 heterocycles. The molecular formula is C12H14ClN5. The molecule has 2 aromatic rings. The second-order valence-corrected chi connectivity index (χ2v) is 4.09. The van der Waals surface area contributed by atoms with Gasteiger partial charge in [-0.05, 0) is 18.6 Å². The Balaban J connectivity index is 2.55. The van der Waals surface area contributed by atoms with Crippen molar-refractivity contribution in [3.8, 4) is 11.1 Å².